The molecular formula is C19H19Cl2N3O5S. The van der Waals surface area contributed by atoms with Crippen molar-refractivity contribution in [3.8, 4) is 0 Å². The van der Waals surface area contributed by atoms with E-state index in [1.807, 2.05) is 0 Å². The van der Waals surface area contributed by atoms with Crippen LogP contribution >= 0.6 is 23.2 Å². The lowest BCUT2D eigenvalue weighted by molar-refractivity contribution is -0.120. The van der Waals surface area contributed by atoms with Gasteiger partial charge in [0.15, 0.2) is 0 Å². The van der Waals surface area contributed by atoms with Gasteiger partial charge in [-0.05, 0) is 43.2 Å². The van der Waals surface area contributed by atoms with Crippen molar-refractivity contribution in [1.29, 1.82) is 0 Å². The third-order valence-electron chi connectivity index (χ3n) is 4.81. The topological polar surface area (TPSA) is 106 Å². The second kappa shape index (κ2) is 9.30. The van der Waals surface area contributed by atoms with Gasteiger partial charge in [-0.2, -0.15) is 4.31 Å². The zero-order valence-electron chi connectivity index (χ0n) is 16.0. The van der Waals surface area contributed by atoms with E-state index in [0.29, 0.717) is 18.5 Å². The van der Waals surface area contributed by atoms with Gasteiger partial charge in [0.05, 0.1) is 23.4 Å². The summed E-state index contributed by atoms with van der Waals surface area (Å²) in [5.41, 5.74) is 0.549. The number of benzene rings is 1. The maximum absolute atomic E-state index is 12.8. The minimum Gasteiger partial charge on any atom is -0.465 e. The molecule has 0 unspecified atom stereocenters. The van der Waals surface area contributed by atoms with E-state index in [4.69, 9.17) is 23.2 Å². The molecule has 0 atom stereocenters. The van der Waals surface area contributed by atoms with Crippen molar-refractivity contribution in [3.63, 3.8) is 0 Å². The van der Waals surface area contributed by atoms with E-state index in [1.165, 1.54) is 47.9 Å². The second-order valence-corrected chi connectivity index (χ2v) is 9.32. The Morgan fingerprint density at radius 2 is 1.90 bits per heavy atom. The van der Waals surface area contributed by atoms with Crippen LogP contribution in [0.1, 0.15) is 23.2 Å². The number of hydrogen-bond acceptors (Lipinski definition) is 6. The summed E-state index contributed by atoms with van der Waals surface area (Å²) in [6, 6.07) is 7.34. The molecule has 11 heteroatoms. The molecule has 0 bridgehead atoms. The molecular weight excluding hydrogens is 453 g/mol. The van der Waals surface area contributed by atoms with Gasteiger partial charge < -0.3 is 10.1 Å². The smallest absolute Gasteiger partial charge is 0.337 e. The molecule has 1 aromatic heterocycles. The number of nitrogens with one attached hydrogen (secondary N) is 1. The zero-order chi connectivity index (χ0) is 21.9. The minimum absolute atomic E-state index is 0.0547. The number of aromatic nitrogens is 1. The summed E-state index contributed by atoms with van der Waals surface area (Å²) in [5, 5.41) is 2.91. The van der Waals surface area contributed by atoms with Crippen molar-refractivity contribution in [2.45, 2.75) is 17.7 Å². The number of anilines is 1. The minimum atomic E-state index is -3.79. The molecule has 1 aliphatic rings. The summed E-state index contributed by atoms with van der Waals surface area (Å²) in [5.74, 6) is -1.25. The molecule has 1 aliphatic heterocycles. The van der Waals surface area contributed by atoms with E-state index in [-0.39, 0.29) is 39.6 Å². The van der Waals surface area contributed by atoms with E-state index in [2.05, 4.69) is 15.0 Å². The molecule has 3 rings (SSSR count). The molecule has 2 heterocycles. The number of nitrogens with zero attached hydrogens (tertiary/aromatic N) is 2. The van der Waals surface area contributed by atoms with Crippen LogP contribution in [0.4, 0.5) is 5.69 Å². The van der Waals surface area contributed by atoms with Crippen molar-refractivity contribution >= 4 is 50.8 Å². The molecule has 0 aliphatic carbocycles. The number of rotatable bonds is 5. The Balaban J connectivity index is 1.66. The highest BCUT2D eigenvalue weighted by Crippen LogP contribution is 2.29. The Kier molecular flexibility index (Phi) is 6.97. The first-order chi connectivity index (χ1) is 14.2. The van der Waals surface area contributed by atoms with Crippen LogP contribution in [0.25, 0.3) is 0 Å². The van der Waals surface area contributed by atoms with Gasteiger partial charge in [0.1, 0.15) is 10.0 Å². The normalized spacial score (nSPS) is 15.6. The largest absolute Gasteiger partial charge is 0.465 e. The summed E-state index contributed by atoms with van der Waals surface area (Å²) in [4.78, 5) is 28.1. The highest BCUT2D eigenvalue weighted by atomic mass is 35.5. The Morgan fingerprint density at radius 1 is 1.20 bits per heavy atom. The lowest BCUT2D eigenvalue weighted by atomic mass is 9.97. The number of carbonyl (C=O) groups is 2. The lowest BCUT2D eigenvalue weighted by Gasteiger charge is -2.30. The maximum atomic E-state index is 12.8. The molecule has 0 spiro atoms. The predicted molar refractivity (Wildman–Crippen MR) is 112 cm³/mol. The van der Waals surface area contributed by atoms with Crippen LogP contribution in [0.3, 0.4) is 0 Å². The number of ether oxygens (including phenoxy) is 1. The summed E-state index contributed by atoms with van der Waals surface area (Å²) < 4.78 is 31.5. The lowest BCUT2D eigenvalue weighted by Crippen LogP contribution is -2.41. The Hall–Kier alpha value is -2.20. The summed E-state index contributed by atoms with van der Waals surface area (Å²) in [7, 11) is -2.53. The van der Waals surface area contributed by atoms with Gasteiger partial charge >= 0.3 is 5.97 Å². The summed E-state index contributed by atoms with van der Waals surface area (Å²) in [6.45, 7) is 0.336. The van der Waals surface area contributed by atoms with Crippen molar-refractivity contribution in [3.05, 3.63) is 52.3 Å². The molecule has 8 nitrogen and oxygen atoms in total. The number of pyridine rings is 1. The quantitative estimate of drug-likeness (QED) is 0.529. The summed E-state index contributed by atoms with van der Waals surface area (Å²) >= 11 is 12.1. The number of hydrogen-bond donors (Lipinski definition) is 1. The summed E-state index contributed by atoms with van der Waals surface area (Å²) in [6.07, 6.45) is 2.08. The highest BCUT2D eigenvalue weighted by Gasteiger charge is 2.33. The maximum Gasteiger partial charge on any atom is 0.337 e. The van der Waals surface area contributed by atoms with Gasteiger partial charge in [-0.1, -0.05) is 23.2 Å². The SMILES string of the molecule is COC(=O)c1ccc(Cl)c(NC(=O)C2CCN(S(=O)(=O)c3cccnc3Cl)CC2)c1. The fourth-order valence-corrected chi connectivity index (χ4v) is 5.22. The van der Waals surface area contributed by atoms with E-state index in [9.17, 15) is 18.0 Å². The number of esters is 1. The van der Waals surface area contributed by atoms with Crippen LogP contribution in [-0.2, 0) is 19.6 Å². The van der Waals surface area contributed by atoms with Crippen LogP contribution in [-0.4, -0.2) is 49.8 Å². The number of sulfonamides is 1. The van der Waals surface area contributed by atoms with Gasteiger partial charge in [-0.15, -0.1) is 0 Å². The van der Waals surface area contributed by atoms with Crippen molar-refractivity contribution in [1.82, 2.24) is 9.29 Å². The van der Waals surface area contributed by atoms with Crippen molar-refractivity contribution in [2.24, 2.45) is 5.92 Å². The molecule has 1 amide bonds. The number of halogens is 2. The predicted octanol–water partition coefficient (Wildman–Crippen LogP) is 3.21. The Labute approximate surface area is 184 Å². The molecule has 0 radical (unpaired) electrons. The molecule has 1 saturated heterocycles. The molecule has 2 aromatic rings. The molecule has 160 valence electrons. The fraction of sp³-hybridized carbons (Fsp3) is 0.316. The van der Waals surface area contributed by atoms with Crippen molar-refractivity contribution < 1.29 is 22.7 Å². The number of piperidine rings is 1. The number of amides is 1. The van der Waals surface area contributed by atoms with E-state index < -0.39 is 21.9 Å². The number of methoxy groups -OCH3 is 1. The van der Waals surface area contributed by atoms with Gasteiger partial charge in [0.2, 0.25) is 15.9 Å². The van der Waals surface area contributed by atoms with Gasteiger partial charge in [0.25, 0.3) is 0 Å². The standard InChI is InChI=1S/C19H19Cl2N3O5S/c1-29-19(26)13-4-5-14(20)15(11-13)23-18(25)12-6-9-24(10-7-12)30(27,28)16-3-2-8-22-17(16)21/h2-5,8,11-12H,6-7,9-10H2,1H3,(H,23,25). The molecule has 1 aromatic carbocycles. The van der Waals surface area contributed by atoms with Gasteiger partial charge in [-0.3, -0.25) is 4.79 Å². The first kappa shape index (κ1) is 22.5. The fourth-order valence-electron chi connectivity index (χ4n) is 3.16. The van der Waals surface area contributed by atoms with E-state index in [0.717, 1.165) is 0 Å². The Morgan fingerprint density at radius 3 is 2.53 bits per heavy atom. The van der Waals surface area contributed by atoms with Gasteiger partial charge in [-0.25, -0.2) is 18.2 Å². The van der Waals surface area contributed by atoms with Crippen LogP contribution < -0.4 is 5.32 Å². The van der Waals surface area contributed by atoms with Gasteiger partial charge in [0, 0.05) is 25.2 Å². The van der Waals surface area contributed by atoms with Crippen molar-refractivity contribution in [2.75, 3.05) is 25.5 Å². The molecule has 1 fully saturated rings. The van der Waals surface area contributed by atoms with Crippen LogP contribution in [0, 0.1) is 5.92 Å². The first-order valence-electron chi connectivity index (χ1n) is 9.03. The van der Waals surface area contributed by atoms with Crippen LogP contribution in [0.2, 0.25) is 10.2 Å². The van der Waals surface area contributed by atoms with E-state index in [1.54, 1.807) is 0 Å². The second-order valence-electron chi connectivity index (χ2n) is 6.65. The average molecular weight is 472 g/mol. The third-order valence-corrected chi connectivity index (χ3v) is 7.49. The first-order valence-corrected chi connectivity index (χ1v) is 11.2. The zero-order valence-corrected chi connectivity index (χ0v) is 18.3. The average Bonchev–Trinajstić information content (AvgIpc) is 2.75. The monoisotopic (exact) mass is 471 g/mol. The van der Waals surface area contributed by atoms with E-state index >= 15 is 0 Å². The molecule has 1 N–H and O–H groups in total. The highest BCUT2D eigenvalue weighted by molar-refractivity contribution is 7.89. The molecule has 30 heavy (non-hydrogen) atoms. The Bertz CT molecular complexity index is 1070. The third kappa shape index (κ3) is 4.75. The molecule has 0 saturated carbocycles. The number of carbonyl (C=O) groups excluding carboxylic acids is 2. The van der Waals surface area contributed by atoms with Crippen LogP contribution in [0.15, 0.2) is 41.4 Å². The van der Waals surface area contributed by atoms with Crippen LogP contribution in [0.5, 0.6) is 0 Å².